The Morgan fingerprint density at radius 3 is 2.15 bits per heavy atom. The number of hydrogen-bond donors (Lipinski definition) is 3. The highest BCUT2D eigenvalue weighted by molar-refractivity contribution is 9.08. The number of ether oxygens (including phenoxy) is 1. The molecule has 0 unspecified atom stereocenters. The Labute approximate surface area is 301 Å². The van der Waals surface area contributed by atoms with Gasteiger partial charge < -0.3 is 26.4 Å². The van der Waals surface area contributed by atoms with E-state index in [2.05, 4.69) is 37.1 Å². The van der Waals surface area contributed by atoms with Gasteiger partial charge in [0, 0.05) is 22.3 Å². The van der Waals surface area contributed by atoms with E-state index in [1.54, 1.807) is 35.8 Å². The third-order valence-corrected chi connectivity index (χ3v) is 8.49. The standard InChI is InChI=1S/C17H15ClN6O.C9H10ClNO2.C8H8BrCl/c1-9-2-5-14(25-9)16-23-17(20)22-15-11(8-21-24(15)16)6-10-3-4-13(19)12(18)7-10;1-2-13-9(12)6-3-4-8(11)7(10)5-6;1-6-2-3-7(5-9)4-8(6)10/h2-5,7-8H,6,19H2,1H3,(H2,20,22);3-5H,2,11H2,1H3;2-4H,5H2,1H3. The molecule has 0 aliphatic heterocycles. The minimum absolute atomic E-state index is 0.161. The number of aromatic nitrogens is 4. The molecule has 0 aliphatic carbocycles. The molecule has 10 nitrogen and oxygen atoms in total. The van der Waals surface area contributed by atoms with Crippen molar-refractivity contribution in [3.8, 4) is 11.6 Å². The van der Waals surface area contributed by atoms with Crippen molar-refractivity contribution in [2.75, 3.05) is 23.8 Å². The Balaban J connectivity index is 0.000000189. The number of carbonyl (C=O) groups excluding carboxylic acids is 1. The minimum atomic E-state index is -0.385. The number of fused-ring (bicyclic) bond motifs is 1. The van der Waals surface area contributed by atoms with Crippen molar-refractivity contribution in [3.63, 3.8) is 0 Å². The SMILES string of the molecule is CCOC(=O)c1ccc(N)c(Cl)c1.Cc1ccc(-c2nc(N)nc3c(Cc4ccc(N)c(Cl)c4)cnn23)o1.Cc1ccc(CBr)cc1Cl. The van der Waals surface area contributed by atoms with E-state index in [4.69, 9.17) is 61.2 Å². The third-order valence-electron chi connectivity index (χ3n) is 6.78. The molecule has 0 radical (unpaired) electrons. The van der Waals surface area contributed by atoms with Crippen LogP contribution in [0.2, 0.25) is 15.1 Å². The monoisotopic (exact) mass is 771 g/mol. The number of alkyl halides is 1. The van der Waals surface area contributed by atoms with E-state index in [0.717, 1.165) is 32.8 Å². The van der Waals surface area contributed by atoms with Crippen LogP contribution in [0.25, 0.3) is 17.2 Å². The number of halogens is 4. The Kier molecular flexibility index (Phi) is 12.7. The van der Waals surface area contributed by atoms with Crippen molar-refractivity contribution in [1.82, 2.24) is 19.6 Å². The van der Waals surface area contributed by atoms with Crippen LogP contribution in [0.4, 0.5) is 17.3 Å². The van der Waals surface area contributed by atoms with Crippen molar-refractivity contribution < 1.29 is 13.9 Å². The topological polar surface area (TPSA) is 161 Å². The number of carbonyl (C=O) groups is 1. The summed E-state index contributed by atoms with van der Waals surface area (Å²) in [5.41, 5.74) is 23.4. The van der Waals surface area contributed by atoms with Crippen LogP contribution in [0.15, 0.2) is 77.3 Å². The summed E-state index contributed by atoms with van der Waals surface area (Å²) in [6.07, 6.45) is 2.34. The first-order chi connectivity index (χ1) is 22.9. The normalized spacial score (nSPS) is 10.6. The van der Waals surface area contributed by atoms with Crippen LogP contribution in [0.1, 0.15) is 45.3 Å². The lowest BCUT2D eigenvalue weighted by Crippen LogP contribution is -2.05. The van der Waals surface area contributed by atoms with E-state index in [1.165, 1.54) is 11.6 Å². The Morgan fingerprint density at radius 1 is 0.875 bits per heavy atom. The summed E-state index contributed by atoms with van der Waals surface area (Å²) in [5, 5.41) is 7.00. The molecule has 6 N–H and O–H groups in total. The summed E-state index contributed by atoms with van der Waals surface area (Å²) < 4.78 is 12.1. The van der Waals surface area contributed by atoms with Gasteiger partial charge in [0.05, 0.1) is 39.8 Å². The largest absolute Gasteiger partial charge is 0.462 e. The highest BCUT2D eigenvalue weighted by Gasteiger charge is 2.16. The number of furan rings is 1. The van der Waals surface area contributed by atoms with E-state index in [0.29, 0.717) is 57.2 Å². The molecule has 14 heteroatoms. The van der Waals surface area contributed by atoms with Crippen molar-refractivity contribution in [1.29, 1.82) is 0 Å². The fourth-order valence-electron chi connectivity index (χ4n) is 4.27. The smallest absolute Gasteiger partial charge is 0.338 e. The van der Waals surface area contributed by atoms with Gasteiger partial charge in [-0.25, -0.2) is 4.79 Å². The fraction of sp³-hybridized carbons (Fsp3) is 0.176. The lowest BCUT2D eigenvalue weighted by molar-refractivity contribution is 0.0526. The zero-order valence-electron chi connectivity index (χ0n) is 26.3. The van der Waals surface area contributed by atoms with Crippen LogP contribution in [0.5, 0.6) is 0 Å². The number of nitrogen functional groups attached to an aromatic ring is 3. The second kappa shape index (κ2) is 16.7. The van der Waals surface area contributed by atoms with Gasteiger partial charge in [-0.15, -0.1) is 0 Å². The van der Waals surface area contributed by atoms with Crippen LogP contribution in [0, 0.1) is 13.8 Å². The van der Waals surface area contributed by atoms with Crippen LogP contribution < -0.4 is 17.2 Å². The second-order valence-electron chi connectivity index (χ2n) is 10.4. The van der Waals surface area contributed by atoms with E-state index >= 15 is 0 Å². The molecule has 48 heavy (non-hydrogen) atoms. The van der Waals surface area contributed by atoms with Crippen molar-refractivity contribution in [2.45, 2.75) is 32.5 Å². The number of benzene rings is 3. The number of rotatable bonds is 6. The van der Waals surface area contributed by atoms with E-state index in [-0.39, 0.29) is 11.9 Å². The summed E-state index contributed by atoms with van der Waals surface area (Å²) in [6, 6.07) is 20.0. The highest BCUT2D eigenvalue weighted by atomic mass is 79.9. The van der Waals surface area contributed by atoms with Gasteiger partial charge in [-0.05, 0) is 86.0 Å². The Morgan fingerprint density at radius 2 is 1.54 bits per heavy atom. The predicted molar refractivity (Wildman–Crippen MR) is 197 cm³/mol. The number of nitrogens with two attached hydrogens (primary N) is 3. The van der Waals surface area contributed by atoms with E-state index in [1.807, 2.05) is 50.2 Å². The first-order valence-electron chi connectivity index (χ1n) is 14.5. The summed E-state index contributed by atoms with van der Waals surface area (Å²) >= 11 is 21.1. The molecule has 3 aromatic heterocycles. The number of anilines is 3. The van der Waals surface area contributed by atoms with Crippen LogP contribution >= 0.6 is 50.7 Å². The third kappa shape index (κ3) is 9.41. The van der Waals surface area contributed by atoms with Crippen molar-refractivity contribution >= 4 is 79.7 Å². The Bertz CT molecular complexity index is 2050. The molecular weight excluding hydrogens is 741 g/mol. The summed E-state index contributed by atoms with van der Waals surface area (Å²) in [7, 11) is 0. The molecule has 0 saturated heterocycles. The molecule has 250 valence electrons. The molecule has 6 rings (SSSR count). The number of hydrogen-bond acceptors (Lipinski definition) is 9. The minimum Gasteiger partial charge on any atom is -0.462 e. The van der Waals surface area contributed by atoms with Gasteiger partial charge in [-0.1, -0.05) is 68.9 Å². The molecule has 3 heterocycles. The number of aryl methyl sites for hydroxylation is 2. The van der Waals surface area contributed by atoms with Crippen LogP contribution in [0.3, 0.4) is 0 Å². The van der Waals surface area contributed by atoms with E-state index in [9.17, 15) is 4.79 Å². The lowest BCUT2D eigenvalue weighted by Gasteiger charge is -2.05. The maximum atomic E-state index is 11.2. The maximum Gasteiger partial charge on any atom is 0.338 e. The Hall–Kier alpha value is -4.29. The fourth-order valence-corrected chi connectivity index (χ4v) is 5.20. The van der Waals surface area contributed by atoms with Gasteiger partial charge in [0.2, 0.25) is 11.8 Å². The molecule has 0 saturated carbocycles. The second-order valence-corrected chi connectivity index (χ2v) is 12.2. The van der Waals surface area contributed by atoms with Crippen LogP contribution in [-0.4, -0.2) is 32.2 Å². The molecule has 0 fully saturated rings. The summed E-state index contributed by atoms with van der Waals surface area (Å²) in [5.74, 6) is 1.65. The lowest BCUT2D eigenvalue weighted by atomic mass is 10.1. The van der Waals surface area contributed by atoms with E-state index < -0.39 is 0 Å². The predicted octanol–water partition coefficient (Wildman–Crippen LogP) is 8.74. The van der Waals surface area contributed by atoms with Gasteiger partial charge >= 0.3 is 5.97 Å². The molecule has 3 aromatic carbocycles. The van der Waals surface area contributed by atoms with Gasteiger partial charge in [-0.2, -0.15) is 19.6 Å². The molecule has 0 spiro atoms. The summed E-state index contributed by atoms with van der Waals surface area (Å²) in [6.45, 7) is 5.96. The molecule has 0 amide bonds. The molecule has 0 bridgehead atoms. The van der Waals surface area contributed by atoms with Gasteiger partial charge in [0.1, 0.15) is 5.76 Å². The van der Waals surface area contributed by atoms with Gasteiger partial charge in [0.15, 0.2) is 11.4 Å². The first-order valence-corrected chi connectivity index (χ1v) is 16.8. The van der Waals surface area contributed by atoms with Crippen molar-refractivity contribution in [2.24, 2.45) is 0 Å². The molecule has 0 aliphatic rings. The maximum absolute atomic E-state index is 11.2. The highest BCUT2D eigenvalue weighted by Crippen LogP contribution is 2.26. The molecular formula is C34H33BrCl3N7O3. The quantitative estimate of drug-likeness (QED) is 0.0854. The molecule has 6 aromatic rings. The average Bonchev–Trinajstić information content (AvgIpc) is 3.68. The average molecular weight is 774 g/mol. The zero-order chi connectivity index (χ0) is 35.0. The van der Waals surface area contributed by atoms with Crippen molar-refractivity contribution in [3.05, 3.63) is 122 Å². The van der Waals surface area contributed by atoms with Crippen LogP contribution in [-0.2, 0) is 16.5 Å². The number of nitrogens with zero attached hydrogens (tertiary/aromatic N) is 4. The first kappa shape index (κ1) is 36.5. The zero-order valence-corrected chi connectivity index (χ0v) is 30.2. The van der Waals surface area contributed by atoms with Gasteiger partial charge in [0.25, 0.3) is 0 Å². The van der Waals surface area contributed by atoms with Gasteiger partial charge in [-0.3, -0.25) is 0 Å². The number of esters is 1. The summed E-state index contributed by atoms with van der Waals surface area (Å²) in [4.78, 5) is 19.8. The molecule has 0 atom stereocenters.